The number of nitrogens with two attached hydrogens (primary N) is 1. The zero-order valence-electron chi connectivity index (χ0n) is 8.24. The fourth-order valence-electron chi connectivity index (χ4n) is 1.35. The molecule has 1 heterocycles. The van der Waals surface area contributed by atoms with Gasteiger partial charge in [0.15, 0.2) is 0 Å². The SMILES string of the molecule is Cc1ccc(Cl)c(-c2cncc(N)n2)c1. The molecule has 3 nitrogen and oxygen atoms in total. The van der Waals surface area contributed by atoms with Crippen molar-refractivity contribution in [3.05, 3.63) is 41.2 Å². The molecule has 0 atom stereocenters. The summed E-state index contributed by atoms with van der Waals surface area (Å²) in [4.78, 5) is 8.16. The fraction of sp³-hybridized carbons (Fsp3) is 0.0909. The van der Waals surface area contributed by atoms with Gasteiger partial charge in [-0.3, -0.25) is 4.98 Å². The Kier molecular flexibility index (Phi) is 2.56. The van der Waals surface area contributed by atoms with Crippen LogP contribution in [0.5, 0.6) is 0 Å². The Balaban J connectivity index is 2.58. The molecule has 0 aliphatic carbocycles. The van der Waals surface area contributed by atoms with Crippen molar-refractivity contribution >= 4 is 17.4 Å². The summed E-state index contributed by atoms with van der Waals surface area (Å²) in [5.41, 5.74) is 8.25. The van der Waals surface area contributed by atoms with Crippen molar-refractivity contribution in [3.63, 3.8) is 0 Å². The molecule has 2 rings (SSSR count). The van der Waals surface area contributed by atoms with E-state index in [0.29, 0.717) is 16.5 Å². The summed E-state index contributed by atoms with van der Waals surface area (Å²) in [6, 6.07) is 5.76. The van der Waals surface area contributed by atoms with Gasteiger partial charge in [0, 0.05) is 5.56 Å². The largest absolute Gasteiger partial charge is 0.382 e. The number of halogens is 1. The second kappa shape index (κ2) is 3.87. The molecule has 0 radical (unpaired) electrons. The summed E-state index contributed by atoms with van der Waals surface area (Å²) < 4.78 is 0. The molecule has 0 amide bonds. The molecule has 0 bridgehead atoms. The summed E-state index contributed by atoms with van der Waals surface area (Å²) in [6.45, 7) is 2.00. The number of aromatic nitrogens is 2. The Labute approximate surface area is 92.9 Å². The maximum Gasteiger partial charge on any atom is 0.142 e. The third-order valence-electron chi connectivity index (χ3n) is 2.05. The molecule has 2 N–H and O–H groups in total. The zero-order valence-corrected chi connectivity index (χ0v) is 8.99. The van der Waals surface area contributed by atoms with Gasteiger partial charge in [0.2, 0.25) is 0 Å². The van der Waals surface area contributed by atoms with Crippen LogP contribution in [0, 0.1) is 6.92 Å². The van der Waals surface area contributed by atoms with Gasteiger partial charge in [-0.15, -0.1) is 0 Å². The van der Waals surface area contributed by atoms with Crippen molar-refractivity contribution in [2.24, 2.45) is 0 Å². The van der Waals surface area contributed by atoms with Crippen LogP contribution < -0.4 is 5.73 Å². The highest BCUT2D eigenvalue weighted by Gasteiger charge is 2.05. The van der Waals surface area contributed by atoms with Crippen LogP contribution in [0.3, 0.4) is 0 Å². The van der Waals surface area contributed by atoms with E-state index < -0.39 is 0 Å². The summed E-state index contributed by atoms with van der Waals surface area (Å²) in [5.74, 6) is 0.394. The molecular formula is C11H10ClN3. The van der Waals surface area contributed by atoms with E-state index in [-0.39, 0.29) is 0 Å². The second-order valence-electron chi connectivity index (χ2n) is 3.31. The highest BCUT2D eigenvalue weighted by atomic mass is 35.5. The molecule has 0 spiro atoms. The topological polar surface area (TPSA) is 51.8 Å². The number of nitrogens with zero attached hydrogens (tertiary/aromatic N) is 2. The molecule has 4 heteroatoms. The first-order chi connectivity index (χ1) is 7.16. The van der Waals surface area contributed by atoms with Gasteiger partial charge in [-0.05, 0) is 19.1 Å². The van der Waals surface area contributed by atoms with Crippen LogP contribution in [-0.2, 0) is 0 Å². The van der Waals surface area contributed by atoms with Crippen molar-refractivity contribution in [2.75, 3.05) is 5.73 Å². The predicted octanol–water partition coefficient (Wildman–Crippen LogP) is 2.69. The van der Waals surface area contributed by atoms with Gasteiger partial charge in [0.25, 0.3) is 0 Å². The first kappa shape index (κ1) is 9.93. The molecule has 2 aromatic rings. The molecule has 0 aliphatic heterocycles. The second-order valence-corrected chi connectivity index (χ2v) is 3.72. The lowest BCUT2D eigenvalue weighted by atomic mass is 10.1. The number of hydrogen-bond donors (Lipinski definition) is 1. The van der Waals surface area contributed by atoms with E-state index in [1.807, 2.05) is 25.1 Å². The van der Waals surface area contributed by atoms with Gasteiger partial charge in [0.1, 0.15) is 5.82 Å². The zero-order chi connectivity index (χ0) is 10.8. The smallest absolute Gasteiger partial charge is 0.142 e. The minimum absolute atomic E-state index is 0.394. The first-order valence-corrected chi connectivity index (χ1v) is 4.88. The average Bonchev–Trinajstić information content (AvgIpc) is 2.22. The van der Waals surface area contributed by atoms with Crippen LogP contribution in [0.15, 0.2) is 30.6 Å². The number of nitrogen functional groups attached to an aromatic ring is 1. The lowest BCUT2D eigenvalue weighted by Gasteiger charge is -2.04. The number of hydrogen-bond acceptors (Lipinski definition) is 3. The van der Waals surface area contributed by atoms with Gasteiger partial charge in [-0.2, -0.15) is 0 Å². The Bertz CT molecular complexity index is 497. The van der Waals surface area contributed by atoms with Crippen LogP contribution in [-0.4, -0.2) is 9.97 Å². The monoisotopic (exact) mass is 219 g/mol. The Hall–Kier alpha value is -1.61. The summed E-state index contributed by atoms with van der Waals surface area (Å²) in [6.07, 6.45) is 3.16. The molecule has 0 aliphatic rings. The average molecular weight is 220 g/mol. The Morgan fingerprint density at radius 2 is 2.07 bits per heavy atom. The first-order valence-electron chi connectivity index (χ1n) is 4.51. The quantitative estimate of drug-likeness (QED) is 0.802. The Morgan fingerprint density at radius 1 is 1.27 bits per heavy atom. The number of aryl methyl sites for hydroxylation is 1. The summed E-state index contributed by atoms with van der Waals surface area (Å²) >= 11 is 6.07. The minimum Gasteiger partial charge on any atom is -0.382 e. The Morgan fingerprint density at radius 3 is 2.80 bits per heavy atom. The normalized spacial score (nSPS) is 10.3. The van der Waals surface area contributed by atoms with E-state index in [9.17, 15) is 0 Å². The van der Waals surface area contributed by atoms with Gasteiger partial charge < -0.3 is 5.73 Å². The highest BCUT2D eigenvalue weighted by molar-refractivity contribution is 6.33. The molecule has 76 valence electrons. The van der Waals surface area contributed by atoms with Crippen LogP contribution >= 0.6 is 11.6 Å². The van der Waals surface area contributed by atoms with Crippen LogP contribution in [0.25, 0.3) is 11.3 Å². The predicted molar refractivity (Wildman–Crippen MR) is 61.6 cm³/mol. The van der Waals surface area contributed by atoms with Crippen molar-refractivity contribution in [1.29, 1.82) is 0 Å². The molecular weight excluding hydrogens is 210 g/mol. The van der Waals surface area contributed by atoms with E-state index in [1.54, 1.807) is 6.20 Å². The third kappa shape index (κ3) is 2.07. The number of anilines is 1. The fourth-order valence-corrected chi connectivity index (χ4v) is 1.56. The molecule has 0 saturated heterocycles. The standard InChI is InChI=1S/C11H10ClN3/c1-7-2-3-9(12)8(4-7)10-5-14-6-11(13)15-10/h2-6H,1H3,(H2,13,15). The number of benzene rings is 1. The van der Waals surface area contributed by atoms with E-state index in [4.69, 9.17) is 17.3 Å². The molecule has 1 aromatic heterocycles. The van der Waals surface area contributed by atoms with E-state index in [2.05, 4.69) is 9.97 Å². The van der Waals surface area contributed by atoms with Crippen molar-refractivity contribution < 1.29 is 0 Å². The molecule has 0 unspecified atom stereocenters. The summed E-state index contributed by atoms with van der Waals surface area (Å²) in [7, 11) is 0. The summed E-state index contributed by atoms with van der Waals surface area (Å²) in [5, 5.41) is 0.653. The lowest BCUT2D eigenvalue weighted by molar-refractivity contribution is 1.21. The minimum atomic E-state index is 0.394. The number of rotatable bonds is 1. The molecule has 0 saturated carbocycles. The van der Waals surface area contributed by atoms with Gasteiger partial charge in [-0.25, -0.2) is 4.98 Å². The molecule has 1 aromatic carbocycles. The van der Waals surface area contributed by atoms with Gasteiger partial charge >= 0.3 is 0 Å². The van der Waals surface area contributed by atoms with Crippen LogP contribution in [0.2, 0.25) is 5.02 Å². The molecule has 0 fully saturated rings. The van der Waals surface area contributed by atoms with E-state index in [1.165, 1.54) is 6.20 Å². The van der Waals surface area contributed by atoms with Gasteiger partial charge in [0.05, 0.1) is 23.1 Å². The highest BCUT2D eigenvalue weighted by Crippen LogP contribution is 2.27. The van der Waals surface area contributed by atoms with E-state index >= 15 is 0 Å². The molecule has 15 heavy (non-hydrogen) atoms. The van der Waals surface area contributed by atoms with Crippen molar-refractivity contribution in [3.8, 4) is 11.3 Å². The van der Waals surface area contributed by atoms with Crippen LogP contribution in [0.4, 0.5) is 5.82 Å². The van der Waals surface area contributed by atoms with E-state index in [0.717, 1.165) is 11.1 Å². The third-order valence-corrected chi connectivity index (χ3v) is 2.38. The maximum atomic E-state index is 6.07. The van der Waals surface area contributed by atoms with Gasteiger partial charge in [-0.1, -0.05) is 23.2 Å². The lowest BCUT2D eigenvalue weighted by Crippen LogP contribution is -1.94. The maximum absolute atomic E-state index is 6.07. The van der Waals surface area contributed by atoms with Crippen molar-refractivity contribution in [1.82, 2.24) is 9.97 Å². The van der Waals surface area contributed by atoms with Crippen LogP contribution in [0.1, 0.15) is 5.56 Å². The van der Waals surface area contributed by atoms with Crippen molar-refractivity contribution in [2.45, 2.75) is 6.92 Å².